The molecule has 0 aliphatic heterocycles. The fourth-order valence-corrected chi connectivity index (χ4v) is 2.28. The molecule has 0 spiro atoms. The number of carbonyl (C=O) groups is 2. The Morgan fingerprint density at radius 1 is 1.41 bits per heavy atom. The molecule has 0 aromatic heterocycles. The molecule has 94 valence electrons. The minimum Gasteiger partial charge on any atom is -0.481 e. The Kier molecular flexibility index (Phi) is 4.95. The molecule has 1 aliphatic rings. The normalized spacial score (nSPS) is 25.6. The van der Waals surface area contributed by atoms with Crippen molar-refractivity contribution in [3.05, 3.63) is 0 Å². The van der Waals surface area contributed by atoms with Gasteiger partial charge in [0, 0.05) is 6.04 Å². The zero-order valence-corrected chi connectivity index (χ0v) is 9.98. The maximum Gasteiger partial charge on any atom is 0.307 e. The first-order valence-electron chi connectivity index (χ1n) is 5.96. The lowest BCUT2D eigenvalue weighted by molar-refractivity contribution is -0.149. The molecule has 5 heteroatoms. The summed E-state index contributed by atoms with van der Waals surface area (Å²) in [5.41, 5.74) is 0. The number of nitriles is 1. The minimum absolute atomic E-state index is 0.219. The van der Waals surface area contributed by atoms with Crippen LogP contribution in [0.2, 0.25) is 0 Å². The smallest absolute Gasteiger partial charge is 0.307 e. The van der Waals surface area contributed by atoms with E-state index in [0.717, 1.165) is 12.8 Å². The first-order chi connectivity index (χ1) is 8.06. The van der Waals surface area contributed by atoms with Crippen LogP contribution in [-0.2, 0) is 9.59 Å². The van der Waals surface area contributed by atoms with Gasteiger partial charge in [-0.25, -0.2) is 0 Å². The molecule has 1 amide bonds. The highest BCUT2D eigenvalue weighted by Crippen LogP contribution is 2.30. The Bertz CT molecular complexity index is 335. The Morgan fingerprint density at radius 2 is 2.00 bits per heavy atom. The Hall–Kier alpha value is -1.57. The summed E-state index contributed by atoms with van der Waals surface area (Å²) in [6.45, 7) is 1.75. The highest BCUT2D eigenvalue weighted by atomic mass is 16.4. The van der Waals surface area contributed by atoms with Gasteiger partial charge in [-0.3, -0.25) is 9.59 Å². The number of aliphatic carboxylic acids is 1. The number of hydrogen-bond donors (Lipinski definition) is 2. The van der Waals surface area contributed by atoms with Crippen LogP contribution in [0.15, 0.2) is 0 Å². The summed E-state index contributed by atoms with van der Waals surface area (Å²) in [6.07, 6.45) is 3.21. The van der Waals surface area contributed by atoms with Gasteiger partial charge in [-0.1, -0.05) is 12.8 Å². The van der Waals surface area contributed by atoms with Gasteiger partial charge in [-0.2, -0.15) is 5.26 Å². The molecule has 0 bridgehead atoms. The largest absolute Gasteiger partial charge is 0.481 e. The summed E-state index contributed by atoms with van der Waals surface area (Å²) in [4.78, 5) is 23.0. The third kappa shape index (κ3) is 3.74. The van der Waals surface area contributed by atoms with Crippen molar-refractivity contribution in [2.75, 3.05) is 0 Å². The van der Waals surface area contributed by atoms with Crippen molar-refractivity contribution in [2.45, 2.75) is 45.1 Å². The standard InChI is InChI=1S/C12H18N2O3/c1-8(6-7-13)14-11(15)9-4-2-3-5-10(9)12(16)17/h8-10H,2-6H2,1H3,(H,14,15)(H,16,17)/t8?,9-,10+/m1/s1. The van der Waals surface area contributed by atoms with Gasteiger partial charge in [-0.05, 0) is 19.8 Å². The van der Waals surface area contributed by atoms with E-state index in [0.29, 0.717) is 12.8 Å². The monoisotopic (exact) mass is 238 g/mol. The van der Waals surface area contributed by atoms with Crippen LogP contribution in [0.5, 0.6) is 0 Å². The molecule has 2 N–H and O–H groups in total. The molecule has 1 aliphatic carbocycles. The maximum atomic E-state index is 11.9. The van der Waals surface area contributed by atoms with Crippen LogP contribution in [0.1, 0.15) is 39.0 Å². The van der Waals surface area contributed by atoms with Crippen molar-refractivity contribution in [1.82, 2.24) is 5.32 Å². The molecular formula is C12H18N2O3. The predicted molar refractivity (Wildman–Crippen MR) is 60.9 cm³/mol. The summed E-state index contributed by atoms with van der Waals surface area (Å²) in [7, 11) is 0. The van der Waals surface area contributed by atoms with E-state index >= 15 is 0 Å². The lowest BCUT2D eigenvalue weighted by Crippen LogP contribution is -2.43. The van der Waals surface area contributed by atoms with Crippen molar-refractivity contribution in [2.24, 2.45) is 11.8 Å². The van der Waals surface area contributed by atoms with E-state index in [2.05, 4.69) is 5.32 Å². The summed E-state index contributed by atoms with van der Waals surface area (Å²) in [5, 5.41) is 20.3. The fraction of sp³-hybridized carbons (Fsp3) is 0.750. The number of hydrogen-bond acceptors (Lipinski definition) is 3. The van der Waals surface area contributed by atoms with E-state index in [9.17, 15) is 9.59 Å². The Balaban J connectivity index is 2.59. The van der Waals surface area contributed by atoms with Gasteiger partial charge in [0.2, 0.25) is 5.91 Å². The van der Waals surface area contributed by atoms with Crippen LogP contribution >= 0.6 is 0 Å². The van der Waals surface area contributed by atoms with Crippen LogP contribution in [0, 0.1) is 23.2 Å². The second-order valence-electron chi connectivity index (χ2n) is 4.61. The van der Waals surface area contributed by atoms with Gasteiger partial charge >= 0.3 is 5.97 Å². The van der Waals surface area contributed by atoms with Crippen LogP contribution in [-0.4, -0.2) is 23.0 Å². The second kappa shape index (κ2) is 6.24. The van der Waals surface area contributed by atoms with Crippen LogP contribution in [0.25, 0.3) is 0 Å². The van der Waals surface area contributed by atoms with Gasteiger partial charge in [0.1, 0.15) is 0 Å². The van der Waals surface area contributed by atoms with Crippen molar-refractivity contribution >= 4 is 11.9 Å². The number of carbonyl (C=O) groups excluding carboxylic acids is 1. The maximum absolute atomic E-state index is 11.9. The number of nitrogens with one attached hydrogen (secondary N) is 1. The molecule has 0 aromatic rings. The number of rotatable bonds is 4. The molecule has 1 unspecified atom stereocenters. The number of carboxylic acids is 1. The van der Waals surface area contributed by atoms with E-state index in [1.807, 2.05) is 6.07 Å². The van der Waals surface area contributed by atoms with E-state index in [-0.39, 0.29) is 18.4 Å². The van der Waals surface area contributed by atoms with Crippen molar-refractivity contribution in [3.8, 4) is 6.07 Å². The fourth-order valence-electron chi connectivity index (χ4n) is 2.28. The zero-order valence-electron chi connectivity index (χ0n) is 9.98. The van der Waals surface area contributed by atoms with Crippen LogP contribution < -0.4 is 5.32 Å². The summed E-state index contributed by atoms with van der Waals surface area (Å²) >= 11 is 0. The third-order valence-corrected chi connectivity index (χ3v) is 3.21. The highest BCUT2D eigenvalue weighted by Gasteiger charge is 2.35. The van der Waals surface area contributed by atoms with Gasteiger partial charge < -0.3 is 10.4 Å². The Labute approximate surface area is 101 Å². The van der Waals surface area contributed by atoms with Gasteiger partial charge in [0.15, 0.2) is 0 Å². The minimum atomic E-state index is -0.891. The van der Waals surface area contributed by atoms with Gasteiger partial charge in [-0.15, -0.1) is 0 Å². The quantitative estimate of drug-likeness (QED) is 0.772. The Morgan fingerprint density at radius 3 is 2.53 bits per heavy atom. The predicted octanol–water partition coefficient (Wildman–Crippen LogP) is 1.30. The summed E-state index contributed by atoms with van der Waals surface area (Å²) in [6, 6.07) is 1.76. The second-order valence-corrected chi connectivity index (χ2v) is 4.61. The molecular weight excluding hydrogens is 220 g/mol. The highest BCUT2D eigenvalue weighted by molar-refractivity contribution is 5.85. The van der Waals surface area contributed by atoms with E-state index in [4.69, 9.17) is 10.4 Å². The van der Waals surface area contributed by atoms with Crippen LogP contribution in [0.4, 0.5) is 0 Å². The zero-order chi connectivity index (χ0) is 12.8. The molecule has 0 radical (unpaired) electrons. The topological polar surface area (TPSA) is 90.2 Å². The number of amides is 1. The molecule has 1 rings (SSSR count). The molecule has 0 saturated heterocycles. The van der Waals surface area contributed by atoms with Gasteiger partial charge in [0.25, 0.3) is 0 Å². The number of nitrogens with zero attached hydrogens (tertiary/aromatic N) is 1. The average Bonchev–Trinajstić information content (AvgIpc) is 2.29. The molecule has 0 heterocycles. The van der Waals surface area contributed by atoms with Gasteiger partial charge in [0.05, 0.1) is 24.3 Å². The molecule has 3 atom stereocenters. The van der Waals surface area contributed by atoms with Crippen molar-refractivity contribution in [3.63, 3.8) is 0 Å². The first kappa shape index (κ1) is 13.5. The first-order valence-corrected chi connectivity index (χ1v) is 5.96. The summed E-state index contributed by atoms with van der Waals surface area (Å²) in [5.74, 6) is -2.13. The SMILES string of the molecule is CC(CC#N)NC(=O)[C@@H]1CCCC[C@@H]1C(=O)O. The average molecular weight is 238 g/mol. The van der Waals surface area contributed by atoms with Crippen molar-refractivity contribution < 1.29 is 14.7 Å². The molecule has 5 nitrogen and oxygen atoms in total. The van der Waals surface area contributed by atoms with E-state index in [1.165, 1.54) is 0 Å². The van der Waals surface area contributed by atoms with E-state index < -0.39 is 17.8 Å². The summed E-state index contributed by atoms with van der Waals surface area (Å²) < 4.78 is 0. The number of carboxylic acid groups (broad SMARTS) is 1. The lowest BCUT2D eigenvalue weighted by atomic mass is 9.78. The van der Waals surface area contributed by atoms with Crippen LogP contribution in [0.3, 0.4) is 0 Å². The molecule has 17 heavy (non-hydrogen) atoms. The third-order valence-electron chi connectivity index (χ3n) is 3.21. The van der Waals surface area contributed by atoms with Crippen molar-refractivity contribution in [1.29, 1.82) is 5.26 Å². The van der Waals surface area contributed by atoms with E-state index in [1.54, 1.807) is 6.92 Å². The molecule has 0 aromatic carbocycles. The molecule has 1 saturated carbocycles. The molecule has 1 fully saturated rings. The lowest BCUT2D eigenvalue weighted by Gasteiger charge is -2.28.